The van der Waals surface area contributed by atoms with Crippen molar-refractivity contribution in [3.63, 3.8) is 0 Å². The third kappa shape index (κ3) is 3.63. The molecule has 1 aliphatic carbocycles. The van der Waals surface area contributed by atoms with Gasteiger partial charge in [0.2, 0.25) is 0 Å². The number of hydrogen-bond acceptors (Lipinski definition) is 2. The van der Waals surface area contributed by atoms with Crippen molar-refractivity contribution in [2.24, 2.45) is 11.1 Å². The van der Waals surface area contributed by atoms with Crippen LogP contribution in [0.2, 0.25) is 0 Å². The largest absolute Gasteiger partial charge is 0.382 e. The summed E-state index contributed by atoms with van der Waals surface area (Å²) in [4.78, 5) is 10.9. The van der Waals surface area contributed by atoms with Gasteiger partial charge in [-0.1, -0.05) is 32.8 Å². The van der Waals surface area contributed by atoms with Crippen LogP contribution in [0.15, 0.2) is 24.3 Å². The number of anilines is 2. The van der Waals surface area contributed by atoms with Crippen molar-refractivity contribution in [1.29, 1.82) is 0 Å². The van der Waals surface area contributed by atoms with E-state index in [1.807, 2.05) is 24.3 Å². The summed E-state index contributed by atoms with van der Waals surface area (Å²) in [5.41, 5.74) is 7.20. The van der Waals surface area contributed by atoms with Gasteiger partial charge in [0.15, 0.2) is 0 Å². The maximum atomic E-state index is 10.9. The Hall–Kier alpha value is -1.71. The van der Waals surface area contributed by atoms with Crippen LogP contribution in [0.5, 0.6) is 0 Å². The minimum atomic E-state index is -0.532. The van der Waals surface area contributed by atoms with E-state index in [4.69, 9.17) is 5.73 Å². The number of rotatable bonds is 3. The summed E-state index contributed by atoms with van der Waals surface area (Å²) in [6, 6.07) is 7.65. The van der Waals surface area contributed by atoms with Crippen LogP contribution in [0.4, 0.5) is 16.2 Å². The van der Waals surface area contributed by atoms with Gasteiger partial charge < -0.3 is 16.4 Å². The normalized spacial score (nSPS) is 21.7. The Morgan fingerprint density at radius 2 is 2.05 bits per heavy atom. The third-order valence-electron chi connectivity index (χ3n) is 3.98. The molecule has 4 nitrogen and oxygen atoms in total. The molecule has 1 saturated carbocycles. The van der Waals surface area contributed by atoms with Crippen molar-refractivity contribution in [1.82, 2.24) is 0 Å². The highest BCUT2D eigenvalue weighted by molar-refractivity contribution is 5.88. The summed E-state index contributed by atoms with van der Waals surface area (Å²) in [6.07, 6.45) is 5.04. The fourth-order valence-corrected chi connectivity index (χ4v) is 2.79. The van der Waals surface area contributed by atoms with Gasteiger partial charge in [-0.25, -0.2) is 4.79 Å². The van der Waals surface area contributed by atoms with Crippen LogP contribution in [-0.4, -0.2) is 12.1 Å². The molecule has 1 atom stereocenters. The summed E-state index contributed by atoms with van der Waals surface area (Å²) >= 11 is 0. The van der Waals surface area contributed by atoms with Crippen molar-refractivity contribution in [2.75, 3.05) is 10.6 Å². The number of carbonyl (C=O) groups is 1. The molecule has 4 N–H and O–H groups in total. The summed E-state index contributed by atoms with van der Waals surface area (Å²) in [5, 5.41) is 6.19. The van der Waals surface area contributed by atoms with E-state index < -0.39 is 6.03 Å². The minimum Gasteiger partial charge on any atom is -0.382 e. The van der Waals surface area contributed by atoms with Crippen LogP contribution in [0, 0.1) is 5.41 Å². The van der Waals surface area contributed by atoms with Gasteiger partial charge in [0.1, 0.15) is 0 Å². The van der Waals surface area contributed by atoms with E-state index in [0.29, 0.717) is 11.5 Å². The number of urea groups is 1. The van der Waals surface area contributed by atoms with Gasteiger partial charge in [-0.05, 0) is 36.5 Å². The summed E-state index contributed by atoms with van der Waals surface area (Å²) in [6.45, 7) is 4.63. The Balaban J connectivity index is 2.07. The van der Waals surface area contributed by atoms with E-state index in [1.165, 1.54) is 25.7 Å². The fraction of sp³-hybridized carbons (Fsp3) is 0.533. The van der Waals surface area contributed by atoms with Gasteiger partial charge in [-0.15, -0.1) is 0 Å². The molecule has 0 aliphatic heterocycles. The number of amides is 2. The predicted octanol–water partition coefficient (Wildman–Crippen LogP) is 3.56. The maximum Gasteiger partial charge on any atom is 0.316 e. The standard InChI is InChI=1S/C15H23N3O/c1-15(2)9-4-3-8-13(15)17-11-6-5-7-12(10-11)18-14(16)19/h5-7,10,13,17H,3-4,8-9H2,1-2H3,(H3,16,18,19). The lowest BCUT2D eigenvalue weighted by molar-refractivity contribution is 0.217. The smallest absolute Gasteiger partial charge is 0.316 e. The van der Waals surface area contributed by atoms with Crippen LogP contribution in [0.3, 0.4) is 0 Å². The summed E-state index contributed by atoms with van der Waals surface area (Å²) in [7, 11) is 0. The molecule has 1 aromatic carbocycles. The van der Waals surface area contributed by atoms with E-state index in [0.717, 1.165) is 11.4 Å². The van der Waals surface area contributed by atoms with Gasteiger partial charge in [-0.3, -0.25) is 0 Å². The maximum absolute atomic E-state index is 10.9. The first-order valence-corrected chi connectivity index (χ1v) is 6.90. The van der Waals surface area contributed by atoms with Crippen LogP contribution < -0.4 is 16.4 Å². The topological polar surface area (TPSA) is 67.2 Å². The second kappa shape index (κ2) is 5.51. The molecule has 1 aliphatic rings. The quantitative estimate of drug-likeness (QED) is 0.778. The molecule has 0 saturated heterocycles. The van der Waals surface area contributed by atoms with Gasteiger partial charge in [0.05, 0.1) is 0 Å². The van der Waals surface area contributed by atoms with Crippen molar-refractivity contribution in [3.8, 4) is 0 Å². The van der Waals surface area contributed by atoms with Crippen LogP contribution in [-0.2, 0) is 0 Å². The van der Waals surface area contributed by atoms with Crippen molar-refractivity contribution >= 4 is 17.4 Å². The molecule has 0 radical (unpaired) electrons. The minimum absolute atomic E-state index is 0.311. The first kappa shape index (κ1) is 13.7. The molecule has 0 bridgehead atoms. The molecule has 4 heteroatoms. The Morgan fingerprint density at radius 1 is 1.32 bits per heavy atom. The van der Waals surface area contributed by atoms with Gasteiger partial charge in [-0.2, -0.15) is 0 Å². The van der Waals surface area contributed by atoms with E-state index >= 15 is 0 Å². The molecule has 1 unspecified atom stereocenters. The van der Waals surface area contributed by atoms with E-state index in [-0.39, 0.29) is 0 Å². The average Bonchev–Trinajstić information content (AvgIpc) is 2.31. The lowest BCUT2D eigenvalue weighted by Crippen LogP contribution is -2.38. The van der Waals surface area contributed by atoms with Crippen LogP contribution >= 0.6 is 0 Å². The highest BCUT2D eigenvalue weighted by Crippen LogP contribution is 2.37. The molecular weight excluding hydrogens is 238 g/mol. The Kier molecular flexibility index (Phi) is 3.98. The van der Waals surface area contributed by atoms with Crippen molar-refractivity contribution in [2.45, 2.75) is 45.6 Å². The number of nitrogens with two attached hydrogens (primary N) is 1. The highest BCUT2D eigenvalue weighted by atomic mass is 16.2. The zero-order valence-electron chi connectivity index (χ0n) is 11.7. The molecule has 19 heavy (non-hydrogen) atoms. The Labute approximate surface area is 114 Å². The molecule has 0 heterocycles. The lowest BCUT2D eigenvalue weighted by Gasteiger charge is -2.39. The van der Waals surface area contributed by atoms with Gasteiger partial charge in [0.25, 0.3) is 0 Å². The molecule has 0 aromatic heterocycles. The molecule has 2 rings (SSSR count). The number of benzene rings is 1. The van der Waals surface area contributed by atoms with E-state index in [2.05, 4.69) is 24.5 Å². The molecule has 1 fully saturated rings. The second-order valence-electron chi connectivity index (χ2n) is 6.00. The van der Waals surface area contributed by atoms with E-state index in [9.17, 15) is 4.79 Å². The number of carbonyl (C=O) groups excluding carboxylic acids is 1. The molecule has 1 aromatic rings. The number of primary amides is 1. The molecule has 0 spiro atoms. The van der Waals surface area contributed by atoms with E-state index in [1.54, 1.807) is 0 Å². The number of hydrogen-bond donors (Lipinski definition) is 3. The van der Waals surface area contributed by atoms with Crippen LogP contribution in [0.1, 0.15) is 39.5 Å². The highest BCUT2D eigenvalue weighted by Gasteiger charge is 2.31. The van der Waals surface area contributed by atoms with Crippen molar-refractivity contribution < 1.29 is 4.79 Å². The average molecular weight is 261 g/mol. The predicted molar refractivity (Wildman–Crippen MR) is 79.3 cm³/mol. The monoisotopic (exact) mass is 261 g/mol. The van der Waals surface area contributed by atoms with Crippen molar-refractivity contribution in [3.05, 3.63) is 24.3 Å². The fourth-order valence-electron chi connectivity index (χ4n) is 2.79. The molecule has 2 amide bonds. The number of nitrogens with one attached hydrogen (secondary N) is 2. The first-order valence-electron chi connectivity index (χ1n) is 6.90. The zero-order valence-corrected chi connectivity index (χ0v) is 11.7. The zero-order chi connectivity index (χ0) is 13.9. The first-order chi connectivity index (χ1) is 8.97. The van der Waals surface area contributed by atoms with Gasteiger partial charge >= 0.3 is 6.03 Å². The molecular formula is C15H23N3O. The molecule has 104 valence electrons. The third-order valence-corrected chi connectivity index (χ3v) is 3.98. The summed E-state index contributed by atoms with van der Waals surface area (Å²) in [5.74, 6) is 0. The Morgan fingerprint density at radius 3 is 2.74 bits per heavy atom. The summed E-state index contributed by atoms with van der Waals surface area (Å²) < 4.78 is 0. The van der Waals surface area contributed by atoms with Gasteiger partial charge in [0, 0.05) is 17.4 Å². The second-order valence-corrected chi connectivity index (χ2v) is 6.00. The lowest BCUT2D eigenvalue weighted by atomic mass is 9.73. The van der Waals surface area contributed by atoms with Crippen LogP contribution in [0.25, 0.3) is 0 Å². The SMILES string of the molecule is CC1(C)CCCCC1Nc1cccc(NC(N)=O)c1. The Bertz CT molecular complexity index is 456.